The molecule has 0 unspecified atom stereocenters. The molecule has 1 aromatic heterocycles. The van der Waals surface area contributed by atoms with Crippen molar-refractivity contribution in [1.29, 1.82) is 5.26 Å². The Morgan fingerprint density at radius 2 is 2.16 bits per heavy atom. The van der Waals surface area contributed by atoms with Crippen molar-refractivity contribution >= 4 is 5.69 Å². The molecule has 4 nitrogen and oxygen atoms in total. The lowest BCUT2D eigenvalue weighted by atomic mass is 10.2. The molecule has 0 aliphatic heterocycles. The molecule has 0 saturated carbocycles. The molecule has 1 N–H and O–H groups in total. The first-order valence-electron chi connectivity index (χ1n) is 6.18. The Bertz CT molecular complexity index is 590. The maximum atomic E-state index is 8.84. The quantitative estimate of drug-likeness (QED) is 0.885. The third kappa shape index (κ3) is 3.71. The van der Waals surface area contributed by atoms with E-state index in [0.29, 0.717) is 17.1 Å². The lowest BCUT2D eigenvalue weighted by molar-refractivity contribution is 0.480. The number of nitrogens with one attached hydrogen (secondary N) is 1. The zero-order valence-electron chi connectivity index (χ0n) is 10.8. The number of hydrogen-bond donors (Lipinski definition) is 1. The van der Waals surface area contributed by atoms with Crippen LogP contribution in [0.15, 0.2) is 42.7 Å². The smallest absolute Gasteiger partial charge is 0.147 e. The molecule has 2 rings (SSSR count). The summed E-state index contributed by atoms with van der Waals surface area (Å²) in [4.78, 5) is 4.12. The molecule has 0 amide bonds. The van der Waals surface area contributed by atoms with Crippen LogP contribution in [0, 0.1) is 11.3 Å². The van der Waals surface area contributed by atoms with E-state index >= 15 is 0 Å². The number of nitrogens with zero attached hydrogens (tertiary/aromatic N) is 2. The van der Waals surface area contributed by atoms with Crippen molar-refractivity contribution in [3.8, 4) is 17.6 Å². The van der Waals surface area contributed by atoms with Crippen LogP contribution >= 0.6 is 0 Å². The Balaban J connectivity index is 2.12. The van der Waals surface area contributed by atoms with Crippen molar-refractivity contribution in [2.45, 2.75) is 13.3 Å². The van der Waals surface area contributed by atoms with Gasteiger partial charge in [0.2, 0.25) is 0 Å². The summed E-state index contributed by atoms with van der Waals surface area (Å²) in [5.74, 6) is 1.28. The topological polar surface area (TPSA) is 57.9 Å². The molecule has 1 heterocycles. The number of anilines is 1. The lowest BCUT2D eigenvalue weighted by Crippen LogP contribution is -2.00. The van der Waals surface area contributed by atoms with Crippen LogP contribution < -0.4 is 10.1 Å². The van der Waals surface area contributed by atoms with E-state index in [2.05, 4.69) is 23.3 Å². The first-order valence-corrected chi connectivity index (χ1v) is 6.18. The van der Waals surface area contributed by atoms with Crippen molar-refractivity contribution in [2.24, 2.45) is 0 Å². The van der Waals surface area contributed by atoms with Crippen LogP contribution in [0.5, 0.6) is 11.5 Å². The molecule has 96 valence electrons. The highest BCUT2D eigenvalue weighted by molar-refractivity contribution is 5.46. The maximum absolute atomic E-state index is 8.84. The summed E-state index contributed by atoms with van der Waals surface area (Å²) in [5.41, 5.74) is 1.50. The van der Waals surface area contributed by atoms with Gasteiger partial charge in [-0.3, -0.25) is 4.98 Å². The molecule has 0 spiro atoms. The standard InChI is InChI=1S/C15H15N3O/c1-2-6-18-13-8-15(11-17-10-13)19-14-5-3-4-12(7-14)9-16/h3-5,7-8,10-11,18H,2,6H2,1H3. The van der Waals surface area contributed by atoms with Gasteiger partial charge in [-0.05, 0) is 24.6 Å². The minimum atomic E-state index is 0.575. The highest BCUT2D eigenvalue weighted by atomic mass is 16.5. The van der Waals surface area contributed by atoms with Crippen LogP contribution in [-0.4, -0.2) is 11.5 Å². The van der Waals surface area contributed by atoms with E-state index in [9.17, 15) is 0 Å². The molecule has 19 heavy (non-hydrogen) atoms. The second-order valence-electron chi connectivity index (χ2n) is 4.08. The van der Waals surface area contributed by atoms with Crippen molar-refractivity contribution in [3.63, 3.8) is 0 Å². The number of hydrogen-bond acceptors (Lipinski definition) is 4. The van der Waals surface area contributed by atoms with Gasteiger partial charge in [0.1, 0.15) is 11.5 Å². The van der Waals surface area contributed by atoms with Crippen LogP contribution in [0.1, 0.15) is 18.9 Å². The summed E-state index contributed by atoms with van der Waals surface area (Å²) in [5, 5.41) is 12.1. The predicted octanol–water partition coefficient (Wildman–Crippen LogP) is 3.57. The minimum Gasteiger partial charge on any atom is -0.456 e. The highest BCUT2D eigenvalue weighted by Crippen LogP contribution is 2.23. The average Bonchev–Trinajstić information content (AvgIpc) is 2.46. The summed E-state index contributed by atoms with van der Waals surface area (Å²) < 4.78 is 5.69. The summed E-state index contributed by atoms with van der Waals surface area (Å²) >= 11 is 0. The number of rotatable bonds is 5. The third-order valence-electron chi connectivity index (χ3n) is 2.49. The number of ether oxygens (including phenoxy) is 1. The largest absolute Gasteiger partial charge is 0.456 e. The van der Waals surface area contributed by atoms with Gasteiger partial charge >= 0.3 is 0 Å². The molecule has 2 aromatic rings. The fourth-order valence-corrected chi connectivity index (χ4v) is 1.61. The molecule has 0 radical (unpaired) electrons. The van der Waals surface area contributed by atoms with Gasteiger partial charge in [-0.1, -0.05) is 13.0 Å². The van der Waals surface area contributed by atoms with Gasteiger partial charge in [-0.15, -0.1) is 0 Å². The van der Waals surface area contributed by atoms with Gasteiger partial charge in [-0.25, -0.2) is 0 Å². The predicted molar refractivity (Wildman–Crippen MR) is 74.2 cm³/mol. The molecule has 0 fully saturated rings. The molecule has 0 aliphatic carbocycles. The van der Waals surface area contributed by atoms with E-state index in [4.69, 9.17) is 10.00 Å². The summed E-state index contributed by atoms with van der Waals surface area (Å²) in [7, 11) is 0. The molecule has 0 saturated heterocycles. The van der Waals surface area contributed by atoms with Crippen LogP contribution in [0.2, 0.25) is 0 Å². The Hall–Kier alpha value is -2.54. The van der Waals surface area contributed by atoms with Gasteiger partial charge < -0.3 is 10.1 Å². The fourth-order valence-electron chi connectivity index (χ4n) is 1.61. The lowest BCUT2D eigenvalue weighted by Gasteiger charge is -2.08. The van der Waals surface area contributed by atoms with Crippen molar-refractivity contribution in [1.82, 2.24) is 4.98 Å². The van der Waals surface area contributed by atoms with Gasteiger partial charge in [0.05, 0.1) is 29.7 Å². The number of pyridine rings is 1. The molecule has 1 aromatic carbocycles. The number of benzene rings is 1. The normalized spacial score (nSPS) is 9.68. The number of nitriles is 1. The number of aromatic nitrogens is 1. The molecule has 0 atom stereocenters. The van der Waals surface area contributed by atoms with Gasteiger partial charge in [-0.2, -0.15) is 5.26 Å². The van der Waals surface area contributed by atoms with Crippen molar-refractivity contribution in [3.05, 3.63) is 48.3 Å². The molecule has 4 heteroatoms. The first kappa shape index (κ1) is 12.9. The first-order chi connectivity index (χ1) is 9.31. The van der Waals surface area contributed by atoms with E-state index in [1.54, 1.807) is 30.6 Å². The van der Waals surface area contributed by atoms with Crippen molar-refractivity contribution < 1.29 is 4.74 Å². The van der Waals surface area contributed by atoms with Gasteiger partial charge in [0.25, 0.3) is 0 Å². The van der Waals surface area contributed by atoms with E-state index in [1.807, 2.05) is 12.1 Å². The molecule has 0 bridgehead atoms. The van der Waals surface area contributed by atoms with E-state index in [1.165, 1.54) is 0 Å². The zero-order valence-corrected chi connectivity index (χ0v) is 10.8. The van der Waals surface area contributed by atoms with Crippen LogP contribution in [-0.2, 0) is 0 Å². The minimum absolute atomic E-state index is 0.575. The third-order valence-corrected chi connectivity index (χ3v) is 2.49. The van der Waals surface area contributed by atoms with Gasteiger partial charge in [0.15, 0.2) is 0 Å². The van der Waals surface area contributed by atoms with E-state index in [0.717, 1.165) is 18.7 Å². The second-order valence-corrected chi connectivity index (χ2v) is 4.08. The molecular formula is C15H15N3O. The zero-order chi connectivity index (χ0) is 13.5. The second kappa shape index (κ2) is 6.41. The maximum Gasteiger partial charge on any atom is 0.147 e. The van der Waals surface area contributed by atoms with E-state index < -0.39 is 0 Å². The summed E-state index contributed by atoms with van der Waals surface area (Å²) in [6.45, 7) is 3.00. The van der Waals surface area contributed by atoms with Crippen molar-refractivity contribution in [2.75, 3.05) is 11.9 Å². The van der Waals surface area contributed by atoms with Crippen LogP contribution in [0.4, 0.5) is 5.69 Å². The molecular weight excluding hydrogens is 238 g/mol. The Morgan fingerprint density at radius 3 is 2.95 bits per heavy atom. The highest BCUT2D eigenvalue weighted by Gasteiger charge is 2.01. The molecule has 0 aliphatic rings. The monoisotopic (exact) mass is 253 g/mol. The average molecular weight is 253 g/mol. The fraction of sp³-hybridized carbons (Fsp3) is 0.200. The Labute approximate surface area is 112 Å². The Morgan fingerprint density at radius 1 is 1.26 bits per heavy atom. The van der Waals surface area contributed by atoms with Crippen LogP contribution in [0.25, 0.3) is 0 Å². The SMILES string of the molecule is CCCNc1cncc(Oc2cccc(C#N)c2)c1. The summed E-state index contributed by atoms with van der Waals surface area (Å²) in [6, 6.07) is 11.0. The summed E-state index contributed by atoms with van der Waals surface area (Å²) in [6.07, 6.45) is 4.46. The Kier molecular flexibility index (Phi) is 4.35. The van der Waals surface area contributed by atoms with Crippen LogP contribution in [0.3, 0.4) is 0 Å². The van der Waals surface area contributed by atoms with E-state index in [-0.39, 0.29) is 0 Å². The van der Waals surface area contributed by atoms with Gasteiger partial charge in [0, 0.05) is 12.6 Å².